The van der Waals surface area contributed by atoms with Crippen molar-refractivity contribution in [2.45, 2.75) is 49.1 Å². The number of benzene rings is 2. The number of nitrogens with zero attached hydrogens (tertiary/aromatic N) is 6. The quantitative estimate of drug-likeness (QED) is 0.229. The van der Waals surface area contributed by atoms with E-state index in [2.05, 4.69) is 20.4 Å². The van der Waals surface area contributed by atoms with E-state index in [1.165, 1.54) is 33.9 Å². The Bertz CT molecular complexity index is 2550. The summed E-state index contributed by atoms with van der Waals surface area (Å²) in [6.07, 6.45) is -3.09. The van der Waals surface area contributed by atoms with Gasteiger partial charge >= 0.3 is 6.18 Å². The maximum absolute atomic E-state index is 15.0. The fourth-order valence-electron chi connectivity index (χ4n) is 6.87. The summed E-state index contributed by atoms with van der Waals surface area (Å²) in [4.78, 5) is 50.5. The number of hydrogen-bond donors (Lipinski definition) is 2. The summed E-state index contributed by atoms with van der Waals surface area (Å²) in [6.45, 7) is 1.24. The molecule has 54 heavy (non-hydrogen) atoms. The van der Waals surface area contributed by atoms with Gasteiger partial charge in [-0.1, -0.05) is 11.6 Å². The molecule has 0 aliphatic carbocycles. The van der Waals surface area contributed by atoms with Crippen LogP contribution in [0, 0.1) is 5.82 Å². The van der Waals surface area contributed by atoms with E-state index in [-0.39, 0.29) is 76.5 Å². The summed E-state index contributed by atoms with van der Waals surface area (Å²) in [5.74, 6) is -3.06. The van der Waals surface area contributed by atoms with Gasteiger partial charge in [-0.2, -0.15) is 22.7 Å². The molecular weight excluding hydrogens is 762 g/mol. The van der Waals surface area contributed by atoms with Crippen LogP contribution in [0.4, 0.5) is 23.2 Å². The van der Waals surface area contributed by atoms with Crippen molar-refractivity contribution in [2.24, 2.45) is 0 Å². The molecule has 2 aliphatic heterocycles. The Morgan fingerprint density at radius 2 is 1.85 bits per heavy atom. The largest absolute Gasteiger partial charge is 0.505 e. The Kier molecular flexibility index (Phi) is 9.01. The van der Waals surface area contributed by atoms with Gasteiger partial charge < -0.3 is 24.6 Å². The van der Waals surface area contributed by atoms with Crippen molar-refractivity contribution in [3.63, 3.8) is 0 Å². The van der Waals surface area contributed by atoms with Crippen molar-refractivity contribution in [3.05, 3.63) is 98.4 Å². The molecule has 3 aromatic heterocycles. The number of pyridine rings is 1. The van der Waals surface area contributed by atoms with E-state index in [0.717, 1.165) is 35.0 Å². The monoisotopic (exact) mass is 789 g/mol. The Morgan fingerprint density at radius 1 is 1.13 bits per heavy atom. The van der Waals surface area contributed by atoms with Crippen LogP contribution in [0.25, 0.3) is 17.2 Å². The van der Waals surface area contributed by atoms with Crippen LogP contribution in [0.3, 0.4) is 0 Å². The molecule has 0 radical (unpaired) electrons. The molecule has 2 aromatic carbocycles. The lowest BCUT2D eigenvalue weighted by Crippen LogP contribution is -2.47. The molecule has 1 atom stereocenters. The summed E-state index contributed by atoms with van der Waals surface area (Å²) >= 11 is 6.09. The number of sulfone groups is 1. The number of hydrogen-bond acceptors (Lipinski definition) is 10. The molecule has 14 nitrogen and oxygen atoms in total. The number of anilines is 1. The molecule has 0 unspecified atom stereocenters. The van der Waals surface area contributed by atoms with Gasteiger partial charge in [-0.15, -0.1) is 5.10 Å². The van der Waals surface area contributed by atoms with E-state index >= 15 is 0 Å². The van der Waals surface area contributed by atoms with Crippen LogP contribution >= 0.6 is 11.6 Å². The van der Waals surface area contributed by atoms with Crippen molar-refractivity contribution >= 4 is 44.7 Å². The van der Waals surface area contributed by atoms with Crippen LogP contribution in [0.15, 0.2) is 64.4 Å². The van der Waals surface area contributed by atoms with E-state index < -0.39 is 67.9 Å². The predicted molar refractivity (Wildman–Crippen MR) is 183 cm³/mol. The molecule has 0 saturated carbocycles. The molecular formula is C34H28ClF4N7O7S. The highest BCUT2D eigenvalue weighted by Gasteiger charge is 2.50. The van der Waals surface area contributed by atoms with Gasteiger partial charge in [0.1, 0.15) is 28.6 Å². The fourth-order valence-corrected chi connectivity index (χ4v) is 7.83. The molecule has 7 rings (SSSR count). The number of likely N-dealkylation sites (tertiary alicyclic amines) is 1. The minimum atomic E-state index is -4.68. The zero-order chi connectivity index (χ0) is 38.9. The van der Waals surface area contributed by atoms with Gasteiger partial charge in [0.2, 0.25) is 11.7 Å². The maximum atomic E-state index is 15.0. The third kappa shape index (κ3) is 6.45. The van der Waals surface area contributed by atoms with Gasteiger partial charge in [0.05, 0.1) is 33.6 Å². The van der Waals surface area contributed by atoms with Crippen LogP contribution in [0.5, 0.6) is 5.75 Å². The molecule has 1 spiro atoms. The zero-order valence-electron chi connectivity index (χ0n) is 28.2. The molecule has 5 heterocycles. The first kappa shape index (κ1) is 36.9. The van der Waals surface area contributed by atoms with E-state index in [4.69, 9.17) is 16.3 Å². The number of alkyl halides is 3. The summed E-state index contributed by atoms with van der Waals surface area (Å²) in [6, 6.07) is 8.41. The molecule has 0 bridgehead atoms. The van der Waals surface area contributed by atoms with Crippen molar-refractivity contribution in [1.29, 1.82) is 0 Å². The number of nitrogens with one attached hydrogen (secondary N) is 1. The van der Waals surface area contributed by atoms with Gasteiger partial charge in [0.25, 0.3) is 11.5 Å². The molecule has 2 amide bonds. The molecule has 5 aromatic rings. The fraction of sp³-hybridized carbons (Fsp3) is 0.294. The number of halogens is 5. The lowest BCUT2D eigenvalue weighted by Gasteiger charge is -2.39. The minimum Gasteiger partial charge on any atom is -0.505 e. The van der Waals surface area contributed by atoms with Crippen LogP contribution in [0.2, 0.25) is 5.02 Å². The predicted octanol–water partition coefficient (Wildman–Crippen LogP) is 4.73. The Morgan fingerprint density at radius 3 is 2.48 bits per heavy atom. The molecule has 282 valence electrons. The number of amides is 2. The number of carbonyl (C=O) groups is 2. The molecule has 1 fully saturated rings. The highest BCUT2D eigenvalue weighted by molar-refractivity contribution is 7.90. The number of rotatable bonds is 6. The van der Waals surface area contributed by atoms with E-state index in [9.17, 15) is 45.5 Å². The average molecular weight is 790 g/mol. The smallest absolute Gasteiger partial charge is 0.416 e. The third-order valence-corrected chi connectivity index (χ3v) is 10.8. The van der Waals surface area contributed by atoms with Crippen molar-refractivity contribution < 1.29 is 45.4 Å². The van der Waals surface area contributed by atoms with Crippen LogP contribution < -0.4 is 10.9 Å². The normalized spacial score (nSPS) is 16.9. The number of aromatic nitrogens is 5. The van der Waals surface area contributed by atoms with Crippen LogP contribution in [-0.2, 0) is 37.7 Å². The second-order valence-electron chi connectivity index (χ2n) is 12.9. The first-order chi connectivity index (χ1) is 25.4. The van der Waals surface area contributed by atoms with Crippen molar-refractivity contribution in [1.82, 2.24) is 29.0 Å². The number of aromatic hydroxyl groups is 1. The highest BCUT2D eigenvalue weighted by Crippen LogP contribution is 2.48. The summed E-state index contributed by atoms with van der Waals surface area (Å²) in [7, 11) is -3.92. The van der Waals surface area contributed by atoms with Gasteiger partial charge in [0.15, 0.2) is 21.4 Å². The van der Waals surface area contributed by atoms with E-state index in [0.29, 0.717) is 6.07 Å². The topological polar surface area (TPSA) is 178 Å². The minimum absolute atomic E-state index is 0.0132. The third-order valence-electron chi connectivity index (χ3n) is 9.34. The lowest BCUT2D eigenvalue weighted by atomic mass is 9.85. The highest BCUT2D eigenvalue weighted by atomic mass is 35.5. The number of ether oxygens (including phenoxy) is 1. The van der Waals surface area contributed by atoms with Crippen LogP contribution in [-0.4, -0.2) is 73.7 Å². The molecule has 1 saturated heterocycles. The Hall–Kier alpha value is -5.40. The molecule has 2 N–H and O–H groups in total. The van der Waals surface area contributed by atoms with Gasteiger partial charge in [-0.25, -0.2) is 17.8 Å². The average Bonchev–Trinajstić information content (AvgIpc) is 3.67. The Balaban J connectivity index is 1.31. The zero-order valence-corrected chi connectivity index (χ0v) is 29.8. The summed E-state index contributed by atoms with van der Waals surface area (Å²) in [5.41, 5.74) is -2.89. The molecule has 20 heteroatoms. The SMILES string of the molecule is C[C@H]1OC2(CCN(C(=O)c3ncccc3O)CC2)c2c1n(CC(=O)Nc1ccc(C(F)(F)F)cc1Cl)c1nc(-c3ccc(S(C)(=O)=O)c(F)c3)nn1c2=O. The molecule has 2 aliphatic rings. The van der Waals surface area contributed by atoms with E-state index in [1.807, 2.05) is 0 Å². The summed E-state index contributed by atoms with van der Waals surface area (Å²) < 4.78 is 87.4. The second kappa shape index (κ2) is 13.2. The lowest BCUT2D eigenvalue weighted by molar-refractivity contribution is -0.137. The second-order valence-corrected chi connectivity index (χ2v) is 15.3. The maximum Gasteiger partial charge on any atom is 0.416 e. The standard InChI is InChI=1S/C34H28ClF4N7O7S/c1-17-28-26(33(53-17)9-12-44(13-10-33)31(50)27-23(47)4-3-11-40-27)30(49)46-32(42-29(43-46)18-5-8-24(21(36)14-18)54(2,51)52)45(28)16-25(48)41-22-7-6-19(15-20(22)35)34(37,38)39/h3-8,11,14-15,17,47H,9-10,12-13,16H2,1-2H3,(H,41,48)/t17-/m1/s1. The number of carbonyl (C=O) groups excluding carboxylic acids is 2. The summed E-state index contributed by atoms with van der Waals surface area (Å²) in [5, 5.41) is 16.6. The van der Waals surface area contributed by atoms with Gasteiger partial charge in [-0.05, 0) is 68.3 Å². The Labute approximate surface area is 307 Å². The van der Waals surface area contributed by atoms with Crippen molar-refractivity contribution in [3.8, 4) is 17.1 Å². The van der Waals surface area contributed by atoms with Crippen LogP contribution in [0.1, 0.15) is 53.2 Å². The first-order valence-corrected chi connectivity index (χ1v) is 18.5. The van der Waals surface area contributed by atoms with Gasteiger partial charge in [-0.3, -0.25) is 14.4 Å². The van der Waals surface area contributed by atoms with Crippen molar-refractivity contribution in [2.75, 3.05) is 24.7 Å². The number of piperidine rings is 1. The van der Waals surface area contributed by atoms with E-state index in [1.54, 1.807) is 6.92 Å². The first-order valence-electron chi connectivity index (χ1n) is 16.2. The number of fused-ring (bicyclic) bond motifs is 3. The van der Waals surface area contributed by atoms with Gasteiger partial charge in [0, 0.05) is 31.1 Å².